The molecule has 1 amide bonds. The first-order valence-electron chi connectivity index (χ1n) is 11.3. The second-order valence-electron chi connectivity index (χ2n) is 8.03. The molecule has 7 nitrogen and oxygen atoms in total. The average molecular weight is 471 g/mol. The number of aromatic nitrogens is 3. The molecular formula is C26H26N6OS. The van der Waals surface area contributed by atoms with Gasteiger partial charge in [0.15, 0.2) is 0 Å². The van der Waals surface area contributed by atoms with Crippen molar-refractivity contribution in [2.75, 3.05) is 26.2 Å². The maximum atomic E-state index is 13.3. The number of piperazine rings is 1. The zero-order valence-corrected chi connectivity index (χ0v) is 19.8. The summed E-state index contributed by atoms with van der Waals surface area (Å²) < 4.78 is 1.77. The number of hydrogen-bond acceptors (Lipinski definition) is 6. The lowest BCUT2D eigenvalue weighted by atomic mass is 10.1. The van der Waals surface area contributed by atoms with Gasteiger partial charge in [-0.05, 0) is 18.2 Å². The minimum absolute atomic E-state index is 0.249. The quantitative estimate of drug-likeness (QED) is 0.468. The molecule has 2 N–H and O–H groups in total. The van der Waals surface area contributed by atoms with Gasteiger partial charge in [0.25, 0.3) is 5.91 Å². The molecule has 0 unspecified atom stereocenters. The van der Waals surface area contributed by atoms with Crippen molar-refractivity contribution in [1.29, 1.82) is 0 Å². The van der Waals surface area contributed by atoms with Crippen molar-refractivity contribution in [2.45, 2.75) is 6.92 Å². The molecule has 0 bridgehead atoms. The van der Waals surface area contributed by atoms with Crippen LogP contribution < -0.4 is 21.1 Å². The highest BCUT2D eigenvalue weighted by molar-refractivity contribution is 7.12. The number of allylic oxidation sites excluding steroid dienone is 1. The summed E-state index contributed by atoms with van der Waals surface area (Å²) in [6.45, 7) is 9.64. The van der Waals surface area contributed by atoms with E-state index in [0.29, 0.717) is 10.8 Å². The highest BCUT2D eigenvalue weighted by Gasteiger charge is 2.21. The van der Waals surface area contributed by atoms with E-state index in [1.807, 2.05) is 55.5 Å². The molecule has 0 spiro atoms. The molecule has 4 aromatic rings. The molecule has 1 aliphatic heterocycles. The van der Waals surface area contributed by atoms with Gasteiger partial charge in [-0.3, -0.25) is 4.79 Å². The van der Waals surface area contributed by atoms with E-state index >= 15 is 0 Å². The van der Waals surface area contributed by atoms with Crippen molar-refractivity contribution < 1.29 is 4.79 Å². The Morgan fingerprint density at radius 3 is 2.71 bits per heavy atom. The molecule has 5 rings (SSSR count). The highest BCUT2D eigenvalue weighted by Crippen LogP contribution is 2.21. The topological polar surface area (TPSA) is 75.1 Å². The zero-order chi connectivity index (χ0) is 23.5. The van der Waals surface area contributed by atoms with Gasteiger partial charge >= 0.3 is 0 Å². The molecule has 0 atom stereocenters. The average Bonchev–Trinajstić information content (AvgIpc) is 3.52. The number of carbonyl (C=O) groups excluding carboxylic acids is 1. The highest BCUT2D eigenvalue weighted by atomic mass is 32.1. The summed E-state index contributed by atoms with van der Waals surface area (Å²) in [7, 11) is 0. The van der Waals surface area contributed by atoms with E-state index in [9.17, 15) is 4.79 Å². The Bertz CT molecular complexity index is 1480. The molecule has 1 aliphatic rings. The van der Waals surface area contributed by atoms with E-state index in [4.69, 9.17) is 0 Å². The van der Waals surface area contributed by atoms with Crippen LogP contribution in [0.25, 0.3) is 28.3 Å². The number of carbonyl (C=O) groups is 1. The van der Waals surface area contributed by atoms with Crippen molar-refractivity contribution in [3.05, 3.63) is 88.0 Å². The van der Waals surface area contributed by atoms with Crippen molar-refractivity contribution in [3.8, 4) is 5.13 Å². The number of nitrogens with one attached hydrogen (secondary N) is 2. The first-order valence-corrected chi connectivity index (χ1v) is 12.1. The summed E-state index contributed by atoms with van der Waals surface area (Å²) in [6.07, 6.45) is 3.75. The fourth-order valence-corrected chi connectivity index (χ4v) is 4.94. The Kier molecular flexibility index (Phi) is 6.24. The summed E-state index contributed by atoms with van der Waals surface area (Å²) in [4.78, 5) is 20.2. The van der Waals surface area contributed by atoms with Gasteiger partial charge in [0.05, 0.1) is 23.1 Å². The van der Waals surface area contributed by atoms with Crippen LogP contribution in [0.5, 0.6) is 0 Å². The predicted octanol–water partition coefficient (Wildman–Crippen LogP) is 2.24. The maximum Gasteiger partial charge on any atom is 0.275 e. The number of nitrogens with zero attached hydrogens (tertiary/aromatic N) is 4. The van der Waals surface area contributed by atoms with Crippen LogP contribution in [0, 0.1) is 0 Å². The van der Waals surface area contributed by atoms with E-state index < -0.39 is 0 Å². The van der Waals surface area contributed by atoms with Gasteiger partial charge in [-0.25, -0.2) is 9.67 Å². The van der Waals surface area contributed by atoms with Crippen LogP contribution in [0.1, 0.15) is 17.4 Å². The minimum Gasteiger partial charge on any atom is -0.367 e. The number of amides is 1. The van der Waals surface area contributed by atoms with Gasteiger partial charge in [0, 0.05) is 42.2 Å². The summed E-state index contributed by atoms with van der Waals surface area (Å²) in [6, 6.07) is 16.0. The monoisotopic (exact) mass is 470 g/mol. The van der Waals surface area contributed by atoms with E-state index in [1.165, 1.54) is 11.3 Å². The third-order valence-corrected chi connectivity index (χ3v) is 6.70. The molecule has 2 aromatic heterocycles. The number of para-hydroxylation sites is 1. The second kappa shape index (κ2) is 9.62. The Hall–Kier alpha value is -3.75. The summed E-state index contributed by atoms with van der Waals surface area (Å²) in [5.74, 6) is -0.249. The molecular weight excluding hydrogens is 444 g/mol. The Morgan fingerprint density at radius 1 is 1.15 bits per heavy atom. The molecule has 172 valence electrons. The van der Waals surface area contributed by atoms with E-state index in [0.717, 1.165) is 58.9 Å². The third kappa shape index (κ3) is 4.25. The third-order valence-electron chi connectivity index (χ3n) is 5.88. The van der Waals surface area contributed by atoms with Gasteiger partial charge in [0.2, 0.25) is 5.13 Å². The smallest absolute Gasteiger partial charge is 0.275 e. The van der Waals surface area contributed by atoms with E-state index in [1.54, 1.807) is 16.3 Å². The van der Waals surface area contributed by atoms with Gasteiger partial charge in [-0.1, -0.05) is 55.1 Å². The fraction of sp³-hybridized carbons (Fsp3) is 0.192. The summed E-state index contributed by atoms with van der Waals surface area (Å²) in [5.41, 5.74) is 3.05. The standard InChI is InChI=1S/C26H26N6OS/c1-3-21(24(31-14-12-27-13-15-31)20-10-6-4-8-18(20)2)29-25(33)22-17-34-26(30-22)32-23-11-7-5-9-19(23)16-28-32/h3-11,16-17,27H,2,12-15H2,1H3,(H,29,33)/b21-3+,24-20+. The van der Waals surface area contributed by atoms with Crippen molar-refractivity contribution in [1.82, 2.24) is 30.3 Å². The zero-order valence-electron chi connectivity index (χ0n) is 19.0. The van der Waals surface area contributed by atoms with Crippen LogP contribution in [0.4, 0.5) is 0 Å². The molecule has 8 heteroatoms. The molecule has 1 saturated heterocycles. The lowest BCUT2D eigenvalue weighted by molar-refractivity contribution is 0.0962. The van der Waals surface area contributed by atoms with Gasteiger partial charge in [-0.15, -0.1) is 11.3 Å². The fourth-order valence-electron chi connectivity index (χ4n) is 4.17. The molecule has 1 fully saturated rings. The molecule has 0 aliphatic carbocycles. The molecule has 0 radical (unpaired) electrons. The molecule has 0 saturated carbocycles. The Balaban J connectivity index is 1.47. The lowest BCUT2D eigenvalue weighted by Crippen LogP contribution is -2.47. The van der Waals surface area contributed by atoms with Crippen molar-refractivity contribution >= 4 is 40.4 Å². The Labute approximate surface area is 201 Å². The number of thiazole rings is 1. The van der Waals surface area contributed by atoms with Crippen LogP contribution >= 0.6 is 11.3 Å². The number of hydrogen-bond donors (Lipinski definition) is 2. The van der Waals surface area contributed by atoms with Gasteiger partial charge in [-0.2, -0.15) is 5.10 Å². The second-order valence-corrected chi connectivity index (χ2v) is 8.87. The normalized spacial score (nSPS) is 15.4. The molecule has 34 heavy (non-hydrogen) atoms. The van der Waals surface area contributed by atoms with Gasteiger partial charge in [0.1, 0.15) is 5.69 Å². The number of benzene rings is 2. The maximum absolute atomic E-state index is 13.3. The van der Waals surface area contributed by atoms with E-state index in [-0.39, 0.29) is 5.91 Å². The number of rotatable bonds is 5. The first-order chi connectivity index (χ1) is 16.7. The predicted molar refractivity (Wildman–Crippen MR) is 137 cm³/mol. The summed E-state index contributed by atoms with van der Waals surface area (Å²) in [5, 5.41) is 16.4. The largest absolute Gasteiger partial charge is 0.367 e. The van der Waals surface area contributed by atoms with Gasteiger partial charge < -0.3 is 15.5 Å². The number of fused-ring (bicyclic) bond motifs is 1. The van der Waals surface area contributed by atoms with Crippen LogP contribution in [0.15, 0.2) is 71.9 Å². The van der Waals surface area contributed by atoms with Crippen molar-refractivity contribution in [2.24, 2.45) is 0 Å². The molecule has 2 aromatic carbocycles. The van der Waals surface area contributed by atoms with E-state index in [2.05, 4.69) is 38.3 Å². The first kappa shape index (κ1) is 22.1. The van der Waals surface area contributed by atoms with Crippen LogP contribution in [-0.2, 0) is 0 Å². The van der Waals surface area contributed by atoms with Crippen LogP contribution in [0.3, 0.4) is 0 Å². The summed E-state index contributed by atoms with van der Waals surface area (Å²) >= 11 is 1.39. The lowest BCUT2D eigenvalue weighted by Gasteiger charge is -2.33. The van der Waals surface area contributed by atoms with Crippen molar-refractivity contribution in [3.63, 3.8) is 0 Å². The SMILES string of the molecule is C=c1cccc/c1=C(/C(=C\C)NC(=O)c1csc(-n2ncc3ccccc32)n1)N1CCNCC1. The van der Waals surface area contributed by atoms with Crippen LogP contribution in [0.2, 0.25) is 0 Å². The minimum atomic E-state index is -0.249. The molecule has 3 heterocycles. The van der Waals surface area contributed by atoms with Crippen LogP contribution in [-0.4, -0.2) is 51.8 Å². The Morgan fingerprint density at radius 2 is 1.91 bits per heavy atom.